The van der Waals surface area contributed by atoms with Gasteiger partial charge in [-0.1, -0.05) is 18.2 Å². The van der Waals surface area contributed by atoms with Gasteiger partial charge in [-0.15, -0.1) is 12.4 Å². The number of amides is 1. The van der Waals surface area contributed by atoms with E-state index in [2.05, 4.69) is 5.32 Å². The van der Waals surface area contributed by atoms with Gasteiger partial charge in [0.1, 0.15) is 0 Å². The molecule has 0 spiro atoms. The maximum absolute atomic E-state index is 12.7. The molecule has 0 heterocycles. The van der Waals surface area contributed by atoms with E-state index in [1.54, 1.807) is 19.9 Å². The maximum atomic E-state index is 12.7. The van der Waals surface area contributed by atoms with E-state index in [4.69, 9.17) is 5.73 Å². The van der Waals surface area contributed by atoms with Gasteiger partial charge in [-0.25, -0.2) is 0 Å². The van der Waals surface area contributed by atoms with Crippen LogP contribution in [0.3, 0.4) is 0 Å². The van der Waals surface area contributed by atoms with Crippen LogP contribution in [0.2, 0.25) is 0 Å². The Morgan fingerprint density at radius 3 is 2.55 bits per heavy atom. The Hall–Kier alpha value is -1.27. The van der Waals surface area contributed by atoms with Crippen LogP contribution in [0.1, 0.15) is 37.3 Å². The van der Waals surface area contributed by atoms with Crippen molar-refractivity contribution in [3.63, 3.8) is 0 Å². The Bertz CT molecular complexity index is 540. The van der Waals surface area contributed by atoms with Crippen molar-refractivity contribution in [1.29, 1.82) is 0 Å². The molecule has 1 fully saturated rings. The number of hydrogen-bond acceptors (Lipinski definition) is 2. The second-order valence-corrected chi connectivity index (χ2v) is 6.28. The average Bonchev–Trinajstić information content (AvgIpc) is 3.14. The van der Waals surface area contributed by atoms with Crippen LogP contribution < -0.4 is 11.1 Å². The van der Waals surface area contributed by atoms with Gasteiger partial charge in [-0.05, 0) is 37.8 Å². The van der Waals surface area contributed by atoms with Gasteiger partial charge in [0.2, 0.25) is 5.91 Å². The van der Waals surface area contributed by atoms with E-state index in [1.807, 2.05) is 0 Å². The number of carbonyl (C=O) groups is 1. The minimum Gasteiger partial charge on any atom is -0.354 e. The summed E-state index contributed by atoms with van der Waals surface area (Å²) >= 11 is 0. The van der Waals surface area contributed by atoms with Crippen LogP contribution >= 0.6 is 12.4 Å². The van der Waals surface area contributed by atoms with Crippen molar-refractivity contribution in [3.8, 4) is 0 Å². The number of carbonyl (C=O) groups excluding carboxylic acids is 1. The summed E-state index contributed by atoms with van der Waals surface area (Å²) in [6.07, 6.45) is -3.77. The molecule has 3 nitrogen and oxygen atoms in total. The fourth-order valence-electron chi connectivity index (χ4n) is 2.24. The molecule has 0 aliphatic heterocycles. The zero-order chi connectivity index (χ0) is 15.8. The maximum Gasteiger partial charge on any atom is 0.416 e. The first-order valence-corrected chi connectivity index (χ1v) is 6.82. The van der Waals surface area contributed by atoms with Crippen LogP contribution in [0.4, 0.5) is 13.2 Å². The Labute approximate surface area is 133 Å². The third kappa shape index (κ3) is 4.88. The quantitative estimate of drug-likeness (QED) is 0.887. The zero-order valence-electron chi connectivity index (χ0n) is 12.4. The van der Waals surface area contributed by atoms with Gasteiger partial charge < -0.3 is 11.1 Å². The summed E-state index contributed by atoms with van der Waals surface area (Å²) in [5.74, 6) is -0.528. The first-order valence-electron chi connectivity index (χ1n) is 6.82. The van der Waals surface area contributed by atoms with Gasteiger partial charge in [-0.2, -0.15) is 13.2 Å². The second-order valence-electron chi connectivity index (χ2n) is 6.28. The molecule has 0 bridgehead atoms. The predicted octanol–water partition coefficient (Wildman–Crippen LogP) is 3.08. The zero-order valence-corrected chi connectivity index (χ0v) is 13.2. The summed E-state index contributed by atoms with van der Waals surface area (Å²) in [7, 11) is 0. The fraction of sp³-hybridized carbons (Fsp3) is 0.533. The van der Waals surface area contributed by atoms with Crippen LogP contribution in [0, 0.1) is 5.92 Å². The lowest BCUT2D eigenvalue weighted by molar-refractivity contribution is -0.137. The van der Waals surface area contributed by atoms with Gasteiger partial charge in [0.05, 0.1) is 5.56 Å². The monoisotopic (exact) mass is 336 g/mol. The summed E-state index contributed by atoms with van der Waals surface area (Å²) in [5.41, 5.74) is 5.17. The Morgan fingerprint density at radius 1 is 1.36 bits per heavy atom. The average molecular weight is 337 g/mol. The third-order valence-electron chi connectivity index (χ3n) is 3.49. The van der Waals surface area contributed by atoms with E-state index in [1.165, 1.54) is 6.07 Å². The lowest BCUT2D eigenvalue weighted by atomic mass is 10.0. The van der Waals surface area contributed by atoms with E-state index >= 15 is 0 Å². The number of benzene rings is 1. The van der Waals surface area contributed by atoms with E-state index in [-0.39, 0.29) is 30.2 Å². The molecule has 2 unspecified atom stereocenters. The van der Waals surface area contributed by atoms with Gasteiger partial charge >= 0.3 is 6.18 Å². The molecule has 7 heteroatoms. The highest BCUT2D eigenvalue weighted by molar-refractivity contribution is 5.85. The molecule has 0 aromatic heterocycles. The summed E-state index contributed by atoms with van der Waals surface area (Å²) < 4.78 is 38.0. The first-order chi connectivity index (χ1) is 9.58. The molecular weight excluding hydrogens is 317 g/mol. The largest absolute Gasteiger partial charge is 0.416 e. The van der Waals surface area contributed by atoms with E-state index in [9.17, 15) is 18.0 Å². The summed E-state index contributed by atoms with van der Waals surface area (Å²) in [6, 6.07) is 5.19. The molecule has 124 valence electrons. The van der Waals surface area contributed by atoms with Crippen LogP contribution in [0.15, 0.2) is 24.3 Å². The molecule has 0 saturated heterocycles. The standard InChI is InChI=1S/C15H19F3N2O.ClH/c1-14(2,19)8-20-13(21)12-7-11(12)9-4-3-5-10(6-9)15(16,17)18;/h3-6,11-12H,7-8,19H2,1-2H3,(H,20,21);1H. The molecule has 1 amide bonds. The number of hydrogen-bond donors (Lipinski definition) is 2. The molecule has 0 radical (unpaired) electrons. The molecule has 1 saturated carbocycles. The van der Waals surface area contributed by atoms with E-state index in [0.29, 0.717) is 18.5 Å². The van der Waals surface area contributed by atoms with E-state index in [0.717, 1.165) is 12.1 Å². The summed E-state index contributed by atoms with van der Waals surface area (Å²) in [5, 5.41) is 2.74. The molecule has 1 aromatic rings. The second kappa shape index (κ2) is 6.46. The summed E-state index contributed by atoms with van der Waals surface area (Å²) in [4.78, 5) is 11.9. The number of nitrogens with one attached hydrogen (secondary N) is 1. The Balaban J connectivity index is 0.00000242. The van der Waals surface area contributed by atoms with Crippen LogP contribution in [-0.2, 0) is 11.0 Å². The van der Waals surface area contributed by atoms with Crippen molar-refractivity contribution in [1.82, 2.24) is 5.32 Å². The Morgan fingerprint density at radius 2 is 2.00 bits per heavy atom. The topological polar surface area (TPSA) is 55.1 Å². The highest BCUT2D eigenvalue weighted by atomic mass is 35.5. The van der Waals surface area contributed by atoms with Crippen LogP contribution in [0.5, 0.6) is 0 Å². The van der Waals surface area contributed by atoms with E-state index < -0.39 is 17.3 Å². The van der Waals surface area contributed by atoms with Crippen molar-refractivity contribution < 1.29 is 18.0 Å². The smallest absolute Gasteiger partial charge is 0.354 e. The normalized spacial score (nSPS) is 21.0. The van der Waals surface area contributed by atoms with Gasteiger partial charge in [0.15, 0.2) is 0 Å². The van der Waals surface area contributed by atoms with Gasteiger partial charge in [0.25, 0.3) is 0 Å². The number of nitrogens with two attached hydrogens (primary N) is 1. The van der Waals surface area contributed by atoms with Gasteiger partial charge in [0, 0.05) is 18.0 Å². The van der Waals surface area contributed by atoms with Crippen molar-refractivity contribution in [2.24, 2.45) is 11.7 Å². The van der Waals surface area contributed by atoms with Crippen LogP contribution in [-0.4, -0.2) is 18.0 Å². The first kappa shape index (κ1) is 18.8. The highest BCUT2D eigenvalue weighted by Gasteiger charge is 2.44. The van der Waals surface area contributed by atoms with Crippen molar-refractivity contribution in [3.05, 3.63) is 35.4 Å². The number of halogens is 4. The van der Waals surface area contributed by atoms with Crippen molar-refractivity contribution in [2.75, 3.05) is 6.54 Å². The molecular formula is C15H20ClF3N2O. The summed E-state index contributed by atoms with van der Waals surface area (Å²) in [6.45, 7) is 3.94. The highest BCUT2D eigenvalue weighted by Crippen LogP contribution is 2.48. The SMILES string of the molecule is CC(C)(N)CNC(=O)C1CC1c1cccc(C(F)(F)F)c1.Cl. The molecule has 1 aliphatic carbocycles. The van der Waals surface area contributed by atoms with Crippen molar-refractivity contribution >= 4 is 18.3 Å². The molecule has 2 rings (SSSR count). The number of alkyl halides is 3. The molecule has 1 aliphatic rings. The van der Waals surface area contributed by atoms with Crippen LogP contribution in [0.25, 0.3) is 0 Å². The minimum atomic E-state index is -4.35. The number of rotatable bonds is 4. The minimum absolute atomic E-state index is 0. The lowest BCUT2D eigenvalue weighted by Gasteiger charge is -2.18. The molecule has 2 atom stereocenters. The molecule has 3 N–H and O–H groups in total. The van der Waals surface area contributed by atoms with Gasteiger partial charge in [-0.3, -0.25) is 4.79 Å². The molecule has 1 aromatic carbocycles. The Kier molecular flexibility index (Phi) is 5.51. The third-order valence-corrected chi connectivity index (χ3v) is 3.49. The van der Waals surface area contributed by atoms with Crippen molar-refractivity contribution in [2.45, 2.75) is 37.9 Å². The fourth-order valence-corrected chi connectivity index (χ4v) is 2.24. The lowest BCUT2D eigenvalue weighted by Crippen LogP contribution is -2.45. The predicted molar refractivity (Wildman–Crippen MR) is 80.8 cm³/mol. The molecule has 22 heavy (non-hydrogen) atoms.